The zero-order chi connectivity index (χ0) is 12.0. The van der Waals surface area contributed by atoms with E-state index in [0.717, 1.165) is 39.1 Å². The van der Waals surface area contributed by atoms with Gasteiger partial charge in [-0.05, 0) is 26.8 Å². The van der Waals surface area contributed by atoms with E-state index in [0.29, 0.717) is 12.5 Å². The highest BCUT2D eigenvalue weighted by molar-refractivity contribution is 5.69. The Bertz CT molecular complexity index is 211. The summed E-state index contributed by atoms with van der Waals surface area (Å²) in [7, 11) is 1.45. The molecule has 0 aliphatic carbocycles. The van der Waals surface area contributed by atoms with Crippen LogP contribution in [-0.4, -0.2) is 61.6 Å². The molecular formula is C12H24N2O2. The second-order valence-corrected chi connectivity index (χ2v) is 4.65. The summed E-state index contributed by atoms with van der Waals surface area (Å²) < 4.78 is 4.62. The van der Waals surface area contributed by atoms with E-state index >= 15 is 0 Å². The summed E-state index contributed by atoms with van der Waals surface area (Å²) in [5.41, 5.74) is 0. The summed E-state index contributed by atoms with van der Waals surface area (Å²) in [6.07, 6.45) is 1.45. The maximum atomic E-state index is 10.9. The molecule has 1 heterocycles. The van der Waals surface area contributed by atoms with E-state index in [1.54, 1.807) is 0 Å². The molecule has 0 amide bonds. The van der Waals surface area contributed by atoms with Crippen LogP contribution in [0.5, 0.6) is 0 Å². The number of esters is 1. The third-order valence-corrected chi connectivity index (χ3v) is 3.22. The molecule has 1 fully saturated rings. The lowest BCUT2D eigenvalue weighted by molar-refractivity contribution is -0.140. The first kappa shape index (κ1) is 13.5. The van der Waals surface area contributed by atoms with Gasteiger partial charge in [-0.1, -0.05) is 0 Å². The highest BCUT2D eigenvalue weighted by atomic mass is 16.5. The zero-order valence-electron chi connectivity index (χ0n) is 10.7. The molecule has 1 rings (SSSR count). The van der Waals surface area contributed by atoms with Crippen molar-refractivity contribution in [2.75, 3.05) is 39.8 Å². The molecular weight excluding hydrogens is 204 g/mol. The van der Waals surface area contributed by atoms with Gasteiger partial charge in [0.2, 0.25) is 0 Å². The van der Waals surface area contributed by atoms with Gasteiger partial charge in [0.25, 0.3) is 0 Å². The summed E-state index contributed by atoms with van der Waals surface area (Å²) in [4.78, 5) is 15.9. The van der Waals surface area contributed by atoms with Crippen LogP contribution in [0.15, 0.2) is 0 Å². The molecule has 0 spiro atoms. The number of carbonyl (C=O) groups excluding carboxylic acids is 1. The van der Waals surface area contributed by atoms with Gasteiger partial charge in [0, 0.05) is 38.6 Å². The van der Waals surface area contributed by atoms with E-state index in [4.69, 9.17) is 0 Å². The van der Waals surface area contributed by atoms with Crippen molar-refractivity contribution < 1.29 is 9.53 Å². The lowest BCUT2D eigenvalue weighted by Crippen LogP contribution is -2.48. The van der Waals surface area contributed by atoms with Crippen LogP contribution in [0.3, 0.4) is 0 Å². The monoisotopic (exact) mass is 228 g/mol. The van der Waals surface area contributed by atoms with Crippen LogP contribution in [0.4, 0.5) is 0 Å². The van der Waals surface area contributed by atoms with Crippen LogP contribution >= 0.6 is 0 Å². The number of methoxy groups -OCH3 is 1. The molecule has 0 bridgehead atoms. The first-order valence-electron chi connectivity index (χ1n) is 6.16. The van der Waals surface area contributed by atoms with Gasteiger partial charge in [-0.3, -0.25) is 9.69 Å². The van der Waals surface area contributed by atoms with Crippen LogP contribution in [0.1, 0.15) is 26.7 Å². The minimum Gasteiger partial charge on any atom is -0.469 e. The maximum absolute atomic E-state index is 10.9. The molecule has 4 heteroatoms. The number of nitrogens with zero attached hydrogens (tertiary/aromatic N) is 2. The van der Waals surface area contributed by atoms with Gasteiger partial charge in [-0.2, -0.15) is 0 Å². The normalized spacial score (nSPS) is 19.0. The first-order chi connectivity index (χ1) is 7.63. The van der Waals surface area contributed by atoms with E-state index in [9.17, 15) is 4.79 Å². The molecule has 4 nitrogen and oxygen atoms in total. The predicted molar refractivity (Wildman–Crippen MR) is 64.4 cm³/mol. The van der Waals surface area contributed by atoms with E-state index in [2.05, 4.69) is 28.4 Å². The van der Waals surface area contributed by atoms with Crippen molar-refractivity contribution in [3.8, 4) is 0 Å². The fourth-order valence-corrected chi connectivity index (χ4v) is 2.05. The van der Waals surface area contributed by atoms with Crippen molar-refractivity contribution in [3.63, 3.8) is 0 Å². The summed E-state index contributed by atoms with van der Waals surface area (Å²) in [6, 6.07) is 0.650. The number of piperazine rings is 1. The second kappa shape index (κ2) is 6.86. The zero-order valence-corrected chi connectivity index (χ0v) is 10.7. The van der Waals surface area contributed by atoms with Crippen molar-refractivity contribution in [2.45, 2.75) is 32.7 Å². The van der Waals surface area contributed by atoms with Crippen LogP contribution in [-0.2, 0) is 9.53 Å². The fourth-order valence-electron chi connectivity index (χ4n) is 2.05. The van der Waals surface area contributed by atoms with Gasteiger partial charge in [0.05, 0.1) is 7.11 Å². The van der Waals surface area contributed by atoms with Crippen molar-refractivity contribution in [1.82, 2.24) is 9.80 Å². The molecule has 0 atom stereocenters. The van der Waals surface area contributed by atoms with Crippen LogP contribution in [0, 0.1) is 0 Å². The molecule has 0 aromatic heterocycles. The van der Waals surface area contributed by atoms with E-state index < -0.39 is 0 Å². The summed E-state index contributed by atoms with van der Waals surface area (Å²) in [6.45, 7) is 10.0. The van der Waals surface area contributed by atoms with Gasteiger partial charge < -0.3 is 9.64 Å². The number of carbonyl (C=O) groups is 1. The SMILES string of the molecule is COC(=O)CCCN1CCN(C(C)C)CC1. The quantitative estimate of drug-likeness (QED) is 0.656. The van der Waals surface area contributed by atoms with Crippen molar-refractivity contribution >= 4 is 5.97 Å². The fraction of sp³-hybridized carbons (Fsp3) is 0.917. The molecule has 1 saturated heterocycles. The molecule has 0 unspecified atom stereocenters. The molecule has 0 saturated carbocycles. The van der Waals surface area contributed by atoms with Gasteiger partial charge in [0.15, 0.2) is 0 Å². The smallest absolute Gasteiger partial charge is 0.305 e. The Hall–Kier alpha value is -0.610. The van der Waals surface area contributed by atoms with E-state index in [1.807, 2.05) is 0 Å². The number of hydrogen-bond acceptors (Lipinski definition) is 4. The lowest BCUT2D eigenvalue weighted by atomic mass is 10.2. The number of rotatable bonds is 5. The minimum atomic E-state index is -0.0965. The Morgan fingerprint density at radius 3 is 2.38 bits per heavy atom. The molecule has 16 heavy (non-hydrogen) atoms. The first-order valence-corrected chi connectivity index (χ1v) is 6.16. The molecule has 1 aliphatic heterocycles. The largest absolute Gasteiger partial charge is 0.469 e. The van der Waals surface area contributed by atoms with Crippen LogP contribution in [0.2, 0.25) is 0 Å². The number of hydrogen-bond donors (Lipinski definition) is 0. The third kappa shape index (κ3) is 4.49. The second-order valence-electron chi connectivity index (χ2n) is 4.65. The van der Waals surface area contributed by atoms with Crippen LogP contribution in [0.25, 0.3) is 0 Å². The summed E-state index contributed by atoms with van der Waals surface area (Å²) in [5, 5.41) is 0. The standard InChI is InChI=1S/C12H24N2O2/c1-11(2)14-9-7-13(8-10-14)6-4-5-12(15)16-3/h11H,4-10H2,1-3H3. The Kier molecular flexibility index (Phi) is 5.77. The molecule has 0 aromatic rings. The third-order valence-electron chi connectivity index (χ3n) is 3.22. The average molecular weight is 228 g/mol. The molecule has 0 aromatic carbocycles. The Balaban J connectivity index is 2.10. The lowest BCUT2D eigenvalue weighted by Gasteiger charge is -2.36. The predicted octanol–water partition coefficient (Wildman–Crippen LogP) is 0.966. The van der Waals surface area contributed by atoms with Gasteiger partial charge in [-0.25, -0.2) is 0 Å². The van der Waals surface area contributed by atoms with Crippen LogP contribution < -0.4 is 0 Å². The van der Waals surface area contributed by atoms with Crippen molar-refractivity contribution in [2.24, 2.45) is 0 Å². The molecule has 94 valence electrons. The molecule has 0 radical (unpaired) electrons. The highest BCUT2D eigenvalue weighted by Gasteiger charge is 2.18. The van der Waals surface area contributed by atoms with E-state index in [-0.39, 0.29) is 5.97 Å². The van der Waals surface area contributed by atoms with E-state index in [1.165, 1.54) is 7.11 Å². The minimum absolute atomic E-state index is 0.0965. The Labute approximate surface area is 98.5 Å². The van der Waals surface area contributed by atoms with Gasteiger partial charge in [0.1, 0.15) is 0 Å². The van der Waals surface area contributed by atoms with Gasteiger partial charge >= 0.3 is 5.97 Å². The maximum Gasteiger partial charge on any atom is 0.305 e. The Morgan fingerprint density at radius 2 is 1.88 bits per heavy atom. The van der Waals surface area contributed by atoms with Crippen molar-refractivity contribution in [3.05, 3.63) is 0 Å². The van der Waals surface area contributed by atoms with Gasteiger partial charge in [-0.15, -0.1) is 0 Å². The highest BCUT2D eigenvalue weighted by Crippen LogP contribution is 2.06. The summed E-state index contributed by atoms with van der Waals surface area (Å²) in [5.74, 6) is -0.0965. The number of ether oxygens (including phenoxy) is 1. The molecule has 1 aliphatic rings. The molecule has 0 N–H and O–H groups in total. The van der Waals surface area contributed by atoms with Crippen molar-refractivity contribution in [1.29, 1.82) is 0 Å². The topological polar surface area (TPSA) is 32.8 Å². The summed E-state index contributed by atoms with van der Waals surface area (Å²) >= 11 is 0. The Morgan fingerprint density at radius 1 is 1.25 bits per heavy atom. The average Bonchev–Trinajstić information content (AvgIpc) is 2.29.